The van der Waals surface area contributed by atoms with Crippen LogP contribution in [0, 0.1) is 0 Å². The number of hydrogen-bond acceptors (Lipinski definition) is 3. The molecule has 0 atom stereocenters. The molecule has 0 spiro atoms. The Morgan fingerprint density at radius 3 is 2.62 bits per heavy atom. The highest BCUT2D eigenvalue weighted by Crippen LogP contribution is 2.32. The maximum atomic E-state index is 12.2. The third-order valence-corrected chi connectivity index (χ3v) is 3.60. The van der Waals surface area contributed by atoms with Gasteiger partial charge in [0, 0.05) is 29.0 Å². The lowest BCUT2D eigenvalue weighted by atomic mass is 10.1. The van der Waals surface area contributed by atoms with Gasteiger partial charge in [-0.15, -0.1) is 0 Å². The number of ketones is 1. The Labute approximate surface area is 129 Å². The summed E-state index contributed by atoms with van der Waals surface area (Å²) >= 11 is 11.5. The number of rotatable bonds is 3. The fraction of sp³-hybridized carbons (Fsp3) is 0. The zero-order chi connectivity index (χ0) is 15.0. The standard InChI is InChI=1S/C15H8Cl2N2O2/c16-14-10(5-3-6-18-14)11-8-9-4-1-2-7-19(9)12(11)13(20)15(17)21/h1-8H. The molecule has 0 bridgehead atoms. The van der Waals surface area contributed by atoms with Crippen molar-refractivity contribution in [3.8, 4) is 11.1 Å². The van der Waals surface area contributed by atoms with E-state index in [-0.39, 0.29) is 10.8 Å². The van der Waals surface area contributed by atoms with Crippen LogP contribution in [0.1, 0.15) is 10.5 Å². The Hall–Kier alpha value is -2.17. The van der Waals surface area contributed by atoms with Crippen molar-refractivity contribution in [2.24, 2.45) is 0 Å². The van der Waals surface area contributed by atoms with Crippen molar-refractivity contribution in [2.45, 2.75) is 0 Å². The molecule has 0 aliphatic heterocycles. The molecule has 0 aliphatic rings. The molecule has 4 nitrogen and oxygen atoms in total. The summed E-state index contributed by atoms with van der Waals surface area (Å²) in [7, 11) is 0. The Morgan fingerprint density at radius 2 is 1.90 bits per heavy atom. The number of carbonyl (C=O) groups is 2. The molecule has 0 aromatic carbocycles. The molecule has 0 N–H and O–H groups in total. The van der Waals surface area contributed by atoms with Gasteiger partial charge in [0.1, 0.15) is 10.8 Å². The molecule has 3 heterocycles. The number of hydrogen-bond donors (Lipinski definition) is 0. The van der Waals surface area contributed by atoms with Crippen LogP contribution < -0.4 is 0 Å². The highest BCUT2D eigenvalue weighted by Gasteiger charge is 2.24. The van der Waals surface area contributed by atoms with Crippen LogP contribution in [0.25, 0.3) is 16.6 Å². The van der Waals surface area contributed by atoms with Crippen LogP contribution in [0.4, 0.5) is 0 Å². The third kappa shape index (κ3) is 2.33. The molecule has 0 radical (unpaired) electrons. The molecule has 0 unspecified atom stereocenters. The number of carbonyl (C=O) groups excluding carboxylic acids is 2. The highest BCUT2D eigenvalue weighted by atomic mass is 35.5. The van der Waals surface area contributed by atoms with Crippen LogP contribution in [0.15, 0.2) is 48.8 Å². The summed E-state index contributed by atoms with van der Waals surface area (Å²) in [5, 5.41) is -0.787. The van der Waals surface area contributed by atoms with E-state index in [9.17, 15) is 9.59 Å². The van der Waals surface area contributed by atoms with E-state index in [2.05, 4.69) is 4.98 Å². The summed E-state index contributed by atoms with van der Waals surface area (Å²) in [4.78, 5) is 27.5. The van der Waals surface area contributed by atoms with Crippen molar-refractivity contribution in [3.05, 3.63) is 59.6 Å². The number of halogens is 2. The topological polar surface area (TPSA) is 51.4 Å². The summed E-state index contributed by atoms with van der Waals surface area (Å²) in [6, 6.07) is 10.6. The largest absolute Gasteiger partial charge is 0.313 e. The van der Waals surface area contributed by atoms with E-state index in [1.807, 2.05) is 12.1 Å². The molecule has 0 fully saturated rings. The van der Waals surface area contributed by atoms with Gasteiger partial charge < -0.3 is 4.40 Å². The first-order valence-corrected chi connectivity index (χ1v) is 6.80. The first-order valence-electron chi connectivity index (χ1n) is 6.04. The van der Waals surface area contributed by atoms with Gasteiger partial charge in [-0.3, -0.25) is 9.59 Å². The summed E-state index contributed by atoms with van der Waals surface area (Å²) < 4.78 is 1.61. The number of fused-ring (bicyclic) bond motifs is 1. The van der Waals surface area contributed by atoms with Gasteiger partial charge in [0.05, 0.1) is 0 Å². The molecule has 0 aliphatic carbocycles. The first kappa shape index (κ1) is 13.8. The Balaban J connectivity index is 2.37. The minimum Gasteiger partial charge on any atom is -0.313 e. The minimum atomic E-state index is -1.04. The second-order valence-electron chi connectivity index (χ2n) is 4.35. The molecule has 0 amide bonds. The molecular weight excluding hydrogens is 311 g/mol. The van der Waals surface area contributed by atoms with E-state index in [4.69, 9.17) is 23.2 Å². The Morgan fingerprint density at radius 1 is 1.10 bits per heavy atom. The van der Waals surface area contributed by atoms with E-state index in [0.717, 1.165) is 5.52 Å². The normalized spacial score (nSPS) is 10.8. The Kier molecular flexibility index (Phi) is 3.49. The van der Waals surface area contributed by atoms with E-state index < -0.39 is 11.0 Å². The van der Waals surface area contributed by atoms with Crippen molar-refractivity contribution in [1.82, 2.24) is 9.38 Å². The van der Waals surface area contributed by atoms with Gasteiger partial charge in [-0.2, -0.15) is 0 Å². The lowest BCUT2D eigenvalue weighted by Gasteiger charge is -2.04. The van der Waals surface area contributed by atoms with Crippen LogP contribution in [0.3, 0.4) is 0 Å². The quantitative estimate of drug-likeness (QED) is 0.321. The number of Topliss-reactive ketones (excluding diaryl/α,β-unsaturated/α-hetero) is 1. The maximum Gasteiger partial charge on any atom is 0.294 e. The van der Waals surface area contributed by atoms with E-state index in [1.165, 1.54) is 0 Å². The van der Waals surface area contributed by atoms with Gasteiger partial charge in [-0.1, -0.05) is 17.7 Å². The van der Waals surface area contributed by atoms with Crippen molar-refractivity contribution in [3.63, 3.8) is 0 Å². The molecule has 0 saturated carbocycles. The minimum absolute atomic E-state index is 0.181. The third-order valence-electron chi connectivity index (χ3n) is 3.12. The molecule has 3 aromatic rings. The SMILES string of the molecule is O=C(Cl)C(=O)c1c(-c2cccnc2Cl)cc2ccccn12. The van der Waals surface area contributed by atoms with Crippen molar-refractivity contribution >= 4 is 39.7 Å². The molecule has 21 heavy (non-hydrogen) atoms. The van der Waals surface area contributed by atoms with Gasteiger partial charge >= 0.3 is 0 Å². The van der Waals surface area contributed by atoms with Crippen LogP contribution in [0.5, 0.6) is 0 Å². The molecule has 104 valence electrons. The van der Waals surface area contributed by atoms with E-state index in [0.29, 0.717) is 11.1 Å². The average Bonchev–Trinajstić information content (AvgIpc) is 2.85. The van der Waals surface area contributed by atoms with Gasteiger partial charge in [-0.05, 0) is 41.9 Å². The van der Waals surface area contributed by atoms with Crippen molar-refractivity contribution < 1.29 is 9.59 Å². The smallest absolute Gasteiger partial charge is 0.294 e. The highest BCUT2D eigenvalue weighted by molar-refractivity contribution is 6.83. The van der Waals surface area contributed by atoms with Crippen molar-refractivity contribution in [1.29, 1.82) is 0 Å². The first-order chi connectivity index (χ1) is 10.1. The van der Waals surface area contributed by atoms with Gasteiger partial charge in [-0.25, -0.2) is 4.98 Å². The van der Waals surface area contributed by atoms with Gasteiger partial charge in [0.25, 0.3) is 11.0 Å². The van der Waals surface area contributed by atoms with Crippen LogP contribution in [-0.4, -0.2) is 20.4 Å². The fourth-order valence-corrected chi connectivity index (χ4v) is 2.55. The average molecular weight is 319 g/mol. The number of pyridine rings is 2. The van der Waals surface area contributed by atoms with Crippen LogP contribution >= 0.6 is 23.2 Å². The van der Waals surface area contributed by atoms with Crippen LogP contribution in [-0.2, 0) is 4.79 Å². The summed E-state index contributed by atoms with van der Waals surface area (Å²) in [6.45, 7) is 0. The lowest BCUT2D eigenvalue weighted by molar-refractivity contribution is -0.108. The van der Waals surface area contributed by atoms with Gasteiger partial charge in [0.15, 0.2) is 0 Å². The second-order valence-corrected chi connectivity index (χ2v) is 5.05. The second kappa shape index (κ2) is 5.31. The van der Waals surface area contributed by atoms with Crippen molar-refractivity contribution in [2.75, 3.05) is 0 Å². The molecule has 3 aromatic heterocycles. The summed E-state index contributed by atoms with van der Waals surface area (Å²) in [6.07, 6.45) is 3.24. The zero-order valence-corrected chi connectivity index (χ0v) is 12.1. The molecular formula is C15H8Cl2N2O2. The Bertz CT molecular complexity index is 871. The maximum absolute atomic E-state index is 12.2. The molecule has 6 heteroatoms. The fourth-order valence-electron chi connectivity index (χ4n) is 2.24. The zero-order valence-electron chi connectivity index (χ0n) is 10.6. The van der Waals surface area contributed by atoms with Gasteiger partial charge in [0.2, 0.25) is 0 Å². The van der Waals surface area contributed by atoms with Crippen LogP contribution in [0.2, 0.25) is 5.15 Å². The predicted molar refractivity (Wildman–Crippen MR) is 80.8 cm³/mol. The van der Waals surface area contributed by atoms with E-state index >= 15 is 0 Å². The summed E-state index contributed by atoms with van der Waals surface area (Å²) in [5.74, 6) is -0.780. The molecule has 3 rings (SSSR count). The number of nitrogens with zero attached hydrogens (tertiary/aromatic N) is 2. The van der Waals surface area contributed by atoms with E-state index in [1.54, 1.807) is 41.1 Å². The monoisotopic (exact) mass is 318 g/mol. The summed E-state index contributed by atoms with van der Waals surface area (Å²) in [5.41, 5.74) is 2.04. The predicted octanol–water partition coefficient (Wildman–Crippen LogP) is 3.60. The lowest BCUT2D eigenvalue weighted by Crippen LogP contribution is -2.11. The molecule has 0 saturated heterocycles. The number of aromatic nitrogens is 2.